The molecule has 2 heterocycles. The average molecular weight is 292 g/mol. The molecule has 0 amide bonds. The molecule has 3 aromatic rings. The summed E-state index contributed by atoms with van der Waals surface area (Å²) >= 11 is 0. The molecule has 6 heteroatoms. The van der Waals surface area contributed by atoms with Crippen molar-refractivity contribution in [3.05, 3.63) is 59.9 Å². The van der Waals surface area contributed by atoms with Crippen LogP contribution in [0, 0.1) is 0 Å². The van der Waals surface area contributed by atoms with E-state index in [-0.39, 0.29) is 6.61 Å². The fourth-order valence-electron chi connectivity index (χ4n) is 2.18. The second-order valence-electron chi connectivity index (χ2n) is 4.66. The van der Waals surface area contributed by atoms with Crippen LogP contribution in [0.25, 0.3) is 16.6 Å². The van der Waals surface area contributed by atoms with E-state index in [1.807, 2.05) is 0 Å². The van der Waals surface area contributed by atoms with Gasteiger partial charge in [-0.2, -0.15) is 18.3 Å². The van der Waals surface area contributed by atoms with Crippen molar-refractivity contribution in [1.29, 1.82) is 0 Å². The lowest BCUT2D eigenvalue weighted by Gasteiger charge is -2.07. The zero-order valence-corrected chi connectivity index (χ0v) is 10.8. The normalized spacial score (nSPS) is 12.0. The van der Waals surface area contributed by atoms with Gasteiger partial charge in [0, 0.05) is 11.8 Å². The SMILES string of the molecule is OCc1ccn2ncc(-c3ccc(C(F)(F)F)cc3)c2c1. The minimum atomic E-state index is -4.34. The van der Waals surface area contributed by atoms with Gasteiger partial charge in [-0.3, -0.25) is 0 Å². The number of rotatable bonds is 2. The van der Waals surface area contributed by atoms with Gasteiger partial charge >= 0.3 is 6.18 Å². The van der Waals surface area contributed by atoms with Crippen LogP contribution < -0.4 is 0 Å². The molecular formula is C15H11F3N2O. The van der Waals surface area contributed by atoms with Gasteiger partial charge in [0.1, 0.15) is 0 Å². The Bertz CT molecular complexity index is 776. The Kier molecular flexibility index (Phi) is 3.17. The molecule has 0 spiro atoms. The minimum Gasteiger partial charge on any atom is -0.392 e. The molecule has 0 bridgehead atoms. The largest absolute Gasteiger partial charge is 0.416 e. The van der Waals surface area contributed by atoms with Gasteiger partial charge in [-0.15, -0.1) is 0 Å². The third-order valence-corrected chi connectivity index (χ3v) is 3.29. The van der Waals surface area contributed by atoms with Crippen LogP contribution in [0.3, 0.4) is 0 Å². The molecule has 0 fully saturated rings. The Morgan fingerprint density at radius 2 is 1.81 bits per heavy atom. The fourth-order valence-corrected chi connectivity index (χ4v) is 2.18. The van der Waals surface area contributed by atoms with Crippen LogP contribution in [0.5, 0.6) is 0 Å². The van der Waals surface area contributed by atoms with Crippen LogP contribution in [0.15, 0.2) is 48.8 Å². The first-order valence-corrected chi connectivity index (χ1v) is 6.24. The van der Waals surface area contributed by atoms with Crippen LogP contribution in [-0.4, -0.2) is 14.7 Å². The summed E-state index contributed by atoms with van der Waals surface area (Å²) in [5, 5.41) is 13.3. The molecule has 0 radical (unpaired) electrons. The Hall–Kier alpha value is -2.34. The van der Waals surface area contributed by atoms with Crippen LogP contribution in [0.1, 0.15) is 11.1 Å². The van der Waals surface area contributed by atoms with E-state index in [4.69, 9.17) is 5.11 Å². The van der Waals surface area contributed by atoms with Gasteiger partial charge in [0.2, 0.25) is 0 Å². The third-order valence-electron chi connectivity index (χ3n) is 3.29. The molecule has 0 aliphatic rings. The number of alkyl halides is 3. The number of nitrogens with zero attached hydrogens (tertiary/aromatic N) is 2. The summed E-state index contributed by atoms with van der Waals surface area (Å²) in [6, 6.07) is 8.44. The highest BCUT2D eigenvalue weighted by molar-refractivity contribution is 5.80. The number of hydrogen-bond acceptors (Lipinski definition) is 2. The van der Waals surface area contributed by atoms with Gasteiger partial charge in [-0.25, -0.2) is 4.52 Å². The van der Waals surface area contributed by atoms with Gasteiger partial charge < -0.3 is 5.11 Å². The van der Waals surface area contributed by atoms with Crippen molar-refractivity contribution in [2.45, 2.75) is 12.8 Å². The first-order chi connectivity index (χ1) is 9.99. The monoisotopic (exact) mass is 292 g/mol. The zero-order chi connectivity index (χ0) is 15.0. The lowest BCUT2D eigenvalue weighted by molar-refractivity contribution is -0.137. The number of benzene rings is 1. The van der Waals surface area contributed by atoms with Gasteiger partial charge in [0.25, 0.3) is 0 Å². The number of fused-ring (bicyclic) bond motifs is 1. The second-order valence-corrected chi connectivity index (χ2v) is 4.66. The highest BCUT2D eigenvalue weighted by Gasteiger charge is 2.30. The third kappa shape index (κ3) is 2.50. The number of halogens is 3. The highest BCUT2D eigenvalue weighted by atomic mass is 19.4. The summed E-state index contributed by atoms with van der Waals surface area (Å²) in [5.74, 6) is 0. The maximum atomic E-state index is 12.6. The van der Waals surface area contributed by atoms with Crippen molar-refractivity contribution < 1.29 is 18.3 Å². The topological polar surface area (TPSA) is 37.5 Å². The summed E-state index contributed by atoms with van der Waals surface area (Å²) in [5.41, 5.74) is 2.14. The lowest BCUT2D eigenvalue weighted by Crippen LogP contribution is -2.03. The Balaban J connectivity index is 2.08. The number of hydrogen-bond donors (Lipinski definition) is 1. The smallest absolute Gasteiger partial charge is 0.392 e. The van der Waals surface area contributed by atoms with Crippen LogP contribution in [0.4, 0.5) is 13.2 Å². The summed E-state index contributed by atoms with van der Waals surface area (Å²) in [6.07, 6.45) is -1.04. The molecular weight excluding hydrogens is 281 g/mol. The van der Waals surface area contributed by atoms with Crippen molar-refractivity contribution in [3.63, 3.8) is 0 Å². The highest BCUT2D eigenvalue weighted by Crippen LogP contribution is 2.32. The molecule has 21 heavy (non-hydrogen) atoms. The van der Waals surface area contributed by atoms with E-state index in [1.165, 1.54) is 12.1 Å². The summed E-state index contributed by atoms with van der Waals surface area (Å²) < 4.78 is 39.3. The molecule has 0 aliphatic heterocycles. The maximum absolute atomic E-state index is 12.6. The van der Waals surface area contributed by atoms with E-state index in [1.54, 1.807) is 29.0 Å². The second kappa shape index (κ2) is 4.89. The van der Waals surface area contributed by atoms with Gasteiger partial charge in [-0.05, 0) is 35.4 Å². The molecule has 3 rings (SSSR count). The number of aliphatic hydroxyl groups is 1. The first kappa shape index (κ1) is 13.6. The Morgan fingerprint density at radius 1 is 1.10 bits per heavy atom. The number of aliphatic hydroxyl groups excluding tert-OH is 1. The van der Waals surface area contributed by atoms with Crippen molar-refractivity contribution >= 4 is 5.52 Å². The van der Waals surface area contributed by atoms with Gasteiger partial charge in [0.15, 0.2) is 0 Å². The molecule has 108 valence electrons. The molecule has 2 aromatic heterocycles. The Labute approximate surface area is 118 Å². The minimum absolute atomic E-state index is 0.103. The van der Waals surface area contributed by atoms with Crippen molar-refractivity contribution in [3.8, 4) is 11.1 Å². The maximum Gasteiger partial charge on any atom is 0.416 e. The summed E-state index contributed by atoms with van der Waals surface area (Å²) in [6.45, 7) is -0.103. The number of pyridine rings is 1. The van der Waals surface area contributed by atoms with Crippen molar-refractivity contribution in [2.24, 2.45) is 0 Å². The van der Waals surface area contributed by atoms with Crippen molar-refractivity contribution in [1.82, 2.24) is 9.61 Å². The molecule has 3 nitrogen and oxygen atoms in total. The lowest BCUT2D eigenvalue weighted by atomic mass is 10.0. The zero-order valence-electron chi connectivity index (χ0n) is 10.8. The molecule has 0 aliphatic carbocycles. The van der Waals surface area contributed by atoms with E-state index in [2.05, 4.69) is 5.10 Å². The molecule has 1 aromatic carbocycles. The van der Waals surface area contributed by atoms with E-state index < -0.39 is 11.7 Å². The van der Waals surface area contributed by atoms with Gasteiger partial charge in [0.05, 0.1) is 23.9 Å². The van der Waals surface area contributed by atoms with E-state index in [9.17, 15) is 13.2 Å². The first-order valence-electron chi connectivity index (χ1n) is 6.24. The molecule has 1 N–H and O–H groups in total. The molecule has 0 atom stereocenters. The van der Waals surface area contributed by atoms with Gasteiger partial charge in [-0.1, -0.05) is 12.1 Å². The molecule has 0 unspecified atom stereocenters. The van der Waals surface area contributed by atoms with Crippen LogP contribution >= 0.6 is 0 Å². The van der Waals surface area contributed by atoms with Crippen LogP contribution in [0.2, 0.25) is 0 Å². The predicted octanol–water partition coefficient (Wildman–Crippen LogP) is 3.51. The summed E-state index contributed by atoms with van der Waals surface area (Å²) in [7, 11) is 0. The quantitative estimate of drug-likeness (QED) is 0.785. The van der Waals surface area contributed by atoms with E-state index >= 15 is 0 Å². The molecule has 0 saturated heterocycles. The molecule has 0 saturated carbocycles. The van der Waals surface area contributed by atoms with Crippen LogP contribution in [-0.2, 0) is 12.8 Å². The number of aromatic nitrogens is 2. The Morgan fingerprint density at radius 3 is 2.43 bits per heavy atom. The summed E-state index contributed by atoms with van der Waals surface area (Å²) in [4.78, 5) is 0. The van der Waals surface area contributed by atoms with E-state index in [0.717, 1.165) is 28.8 Å². The fraction of sp³-hybridized carbons (Fsp3) is 0.133. The average Bonchev–Trinajstić information content (AvgIpc) is 2.89. The predicted molar refractivity (Wildman–Crippen MR) is 71.6 cm³/mol. The van der Waals surface area contributed by atoms with E-state index in [0.29, 0.717) is 5.56 Å². The van der Waals surface area contributed by atoms with Crippen molar-refractivity contribution in [2.75, 3.05) is 0 Å². The standard InChI is InChI=1S/C15H11F3N2O/c16-15(17,18)12-3-1-11(2-4-12)13-8-19-20-6-5-10(9-21)7-14(13)20/h1-8,21H,9H2.